The summed E-state index contributed by atoms with van der Waals surface area (Å²) < 4.78 is 3.68. The van der Waals surface area contributed by atoms with Crippen molar-refractivity contribution in [2.24, 2.45) is 0 Å². The Kier molecular flexibility index (Phi) is 5.01. The van der Waals surface area contributed by atoms with Gasteiger partial charge in [0.05, 0.1) is 12.1 Å². The lowest BCUT2D eigenvalue weighted by Gasteiger charge is -2.04. The summed E-state index contributed by atoms with van der Waals surface area (Å²) in [6.45, 7) is 0.855. The van der Waals surface area contributed by atoms with Gasteiger partial charge in [0.25, 0.3) is 5.91 Å². The van der Waals surface area contributed by atoms with Crippen LogP contribution in [0, 0.1) is 11.3 Å². The number of para-hydroxylation sites is 1. The molecule has 4 heterocycles. The van der Waals surface area contributed by atoms with Crippen LogP contribution in [0.2, 0.25) is 0 Å². The predicted octanol–water partition coefficient (Wildman–Crippen LogP) is 2.37. The molecule has 0 aliphatic carbocycles. The van der Waals surface area contributed by atoms with Crippen molar-refractivity contribution < 1.29 is 4.79 Å². The largest absolute Gasteiger partial charge is 0.350 e. The van der Waals surface area contributed by atoms with Crippen LogP contribution in [0.25, 0.3) is 16.6 Å². The van der Waals surface area contributed by atoms with E-state index in [4.69, 9.17) is 5.26 Å². The molecule has 4 aromatic heterocycles. The van der Waals surface area contributed by atoms with Crippen LogP contribution in [0.5, 0.6) is 0 Å². The molecule has 0 aliphatic heterocycles. The van der Waals surface area contributed by atoms with E-state index in [9.17, 15) is 4.79 Å². The third-order valence-electron chi connectivity index (χ3n) is 5.16. The van der Waals surface area contributed by atoms with Gasteiger partial charge in [-0.15, -0.1) is 10.2 Å². The zero-order chi connectivity index (χ0) is 21.9. The Morgan fingerprint density at radius 1 is 1.06 bits per heavy atom. The second-order valence-electron chi connectivity index (χ2n) is 7.24. The van der Waals surface area contributed by atoms with Gasteiger partial charge in [-0.05, 0) is 29.8 Å². The van der Waals surface area contributed by atoms with Gasteiger partial charge in [0.15, 0.2) is 11.3 Å². The quantitative estimate of drug-likeness (QED) is 0.449. The summed E-state index contributed by atoms with van der Waals surface area (Å²) in [7, 11) is 0. The predicted molar refractivity (Wildman–Crippen MR) is 117 cm³/mol. The average molecular weight is 422 g/mol. The van der Waals surface area contributed by atoms with E-state index in [2.05, 4.69) is 25.6 Å². The number of nitrogens with one attached hydrogen (secondary N) is 1. The highest BCUT2D eigenvalue weighted by atomic mass is 16.1. The van der Waals surface area contributed by atoms with Gasteiger partial charge in [-0.2, -0.15) is 10.4 Å². The van der Waals surface area contributed by atoms with Crippen molar-refractivity contribution in [3.63, 3.8) is 0 Å². The SMILES string of the molecule is N#Cc1ccc(Cn2nc(C(=O)NCCc3nnc4ccccn34)c3ccccc32)cn1. The minimum Gasteiger partial charge on any atom is -0.350 e. The third kappa shape index (κ3) is 3.65. The van der Waals surface area contributed by atoms with Crippen molar-refractivity contribution in [3.8, 4) is 6.07 Å². The molecule has 0 aliphatic rings. The van der Waals surface area contributed by atoms with Crippen LogP contribution in [-0.4, -0.2) is 41.8 Å². The normalized spacial score (nSPS) is 11.0. The number of hydrogen-bond donors (Lipinski definition) is 1. The summed E-state index contributed by atoms with van der Waals surface area (Å²) in [6.07, 6.45) is 4.10. The van der Waals surface area contributed by atoms with Crippen molar-refractivity contribution in [1.29, 1.82) is 5.26 Å². The number of pyridine rings is 2. The Balaban J connectivity index is 1.34. The lowest BCUT2D eigenvalue weighted by molar-refractivity contribution is 0.0949. The molecule has 5 aromatic rings. The summed E-state index contributed by atoms with van der Waals surface area (Å²) in [5.41, 5.74) is 3.25. The van der Waals surface area contributed by atoms with E-state index in [-0.39, 0.29) is 5.91 Å². The molecule has 0 bridgehead atoms. The van der Waals surface area contributed by atoms with Crippen LogP contribution < -0.4 is 5.32 Å². The number of benzene rings is 1. The maximum absolute atomic E-state index is 12.9. The van der Waals surface area contributed by atoms with Crippen molar-refractivity contribution in [2.45, 2.75) is 13.0 Å². The topological polar surface area (TPSA) is 114 Å². The summed E-state index contributed by atoms with van der Waals surface area (Å²) in [4.78, 5) is 17.0. The molecule has 1 N–H and O–H groups in total. The first-order valence-corrected chi connectivity index (χ1v) is 10.1. The molecule has 0 fully saturated rings. The molecule has 9 nitrogen and oxygen atoms in total. The van der Waals surface area contributed by atoms with Crippen molar-refractivity contribution in [1.82, 2.24) is 34.7 Å². The molecular formula is C23H18N8O. The monoisotopic (exact) mass is 422 g/mol. The Hall–Kier alpha value is -4.58. The third-order valence-corrected chi connectivity index (χ3v) is 5.16. The van der Waals surface area contributed by atoms with Crippen molar-refractivity contribution >= 4 is 22.5 Å². The standard InChI is InChI=1S/C23H18N8O/c24-13-17-9-8-16(14-26-17)15-31-19-6-2-1-5-18(19)22(29-31)23(32)25-11-10-21-28-27-20-7-3-4-12-30(20)21/h1-9,12,14H,10-11,15H2,(H,25,32). The number of nitrogens with zero attached hydrogens (tertiary/aromatic N) is 7. The zero-order valence-electron chi connectivity index (χ0n) is 17.0. The molecule has 9 heteroatoms. The van der Waals surface area contributed by atoms with Crippen LogP contribution in [0.1, 0.15) is 27.6 Å². The summed E-state index contributed by atoms with van der Waals surface area (Å²) in [5.74, 6) is 0.538. The van der Waals surface area contributed by atoms with Gasteiger partial charge in [-0.3, -0.25) is 13.9 Å². The maximum Gasteiger partial charge on any atom is 0.272 e. The Morgan fingerprint density at radius 2 is 1.94 bits per heavy atom. The molecule has 0 saturated heterocycles. The number of aromatic nitrogens is 6. The van der Waals surface area contributed by atoms with E-state index in [1.165, 1.54) is 0 Å². The van der Waals surface area contributed by atoms with Crippen LogP contribution >= 0.6 is 0 Å². The lowest BCUT2D eigenvalue weighted by Crippen LogP contribution is -2.27. The van der Waals surface area contributed by atoms with Gasteiger partial charge >= 0.3 is 0 Å². The molecule has 1 amide bonds. The highest BCUT2D eigenvalue weighted by Gasteiger charge is 2.17. The first-order valence-electron chi connectivity index (χ1n) is 10.1. The lowest BCUT2D eigenvalue weighted by atomic mass is 10.2. The Bertz CT molecular complexity index is 1460. The fraction of sp³-hybridized carbons (Fsp3) is 0.130. The Morgan fingerprint density at radius 3 is 2.78 bits per heavy atom. The number of fused-ring (bicyclic) bond motifs is 2. The second-order valence-corrected chi connectivity index (χ2v) is 7.24. The van der Waals surface area contributed by atoms with E-state index in [1.807, 2.05) is 65.2 Å². The first kappa shape index (κ1) is 19.4. The van der Waals surface area contributed by atoms with Crippen molar-refractivity contribution in [2.75, 3.05) is 6.54 Å². The number of nitriles is 1. The average Bonchev–Trinajstić information content (AvgIpc) is 3.41. The molecular weight excluding hydrogens is 404 g/mol. The van der Waals surface area contributed by atoms with Crippen LogP contribution in [0.3, 0.4) is 0 Å². The highest BCUT2D eigenvalue weighted by Crippen LogP contribution is 2.19. The second kappa shape index (κ2) is 8.28. The van der Waals surface area contributed by atoms with E-state index < -0.39 is 0 Å². The van der Waals surface area contributed by atoms with E-state index in [1.54, 1.807) is 16.9 Å². The minimum absolute atomic E-state index is 0.244. The van der Waals surface area contributed by atoms with Gasteiger partial charge in [0.1, 0.15) is 17.6 Å². The van der Waals surface area contributed by atoms with E-state index in [0.29, 0.717) is 30.9 Å². The molecule has 32 heavy (non-hydrogen) atoms. The van der Waals surface area contributed by atoms with Gasteiger partial charge in [-0.25, -0.2) is 4.98 Å². The molecule has 1 aromatic carbocycles. The smallest absolute Gasteiger partial charge is 0.272 e. The molecule has 156 valence electrons. The maximum atomic E-state index is 12.9. The number of carbonyl (C=O) groups excluding carboxylic acids is 1. The number of amides is 1. The number of rotatable bonds is 6. The number of carbonyl (C=O) groups is 1. The molecule has 0 unspecified atom stereocenters. The van der Waals surface area contributed by atoms with Gasteiger partial charge in [0, 0.05) is 30.7 Å². The molecule has 0 radical (unpaired) electrons. The fourth-order valence-corrected chi connectivity index (χ4v) is 3.61. The van der Waals surface area contributed by atoms with E-state index >= 15 is 0 Å². The minimum atomic E-state index is -0.244. The molecule has 0 atom stereocenters. The molecule has 0 saturated carbocycles. The van der Waals surface area contributed by atoms with E-state index in [0.717, 1.165) is 27.9 Å². The van der Waals surface area contributed by atoms with Crippen molar-refractivity contribution in [3.05, 3.63) is 89.8 Å². The summed E-state index contributed by atoms with van der Waals surface area (Å²) >= 11 is 0. The fourth-order valence-electron chi connectivity index (χ4n) is 3.61. The first-order chi connectivity index (χ1) is 15.7. The van der Waals surface area contributed by atoms with Crippen LogP contribution in [0.15, 0.2) is 67.0 Å². The van der Waals surface area contributed by atoms with Gasteiger partial charge in [-0.1, -0.05) is 30.3 Å². The Labute approximate surface area is 183 Å². The summed E-state index contributed by atoms with van der Waals surface area (Å²) in [5, 5.41) is 25.5. The molecule has 0 spiro atoms. The van der Waals surface area contributed by atoms with Crippen LogP contribution in [-0.2, 0) is 13.0 Å². The highest BCUT2D eigenvalue weighted by molar-refractivity contribution is 6.04. The zero-order valence-corrected chi connectivity index (χ0v) is 17.0. The van der Waals surface area contributed by atoms with Gasteiger partial charge < -0.3 is 5.32 Å². The van der Waals surface area contributed by atoms with Gasteiger partial charge in [0.2, 0.25) is 0 Å². The van der Waals surface area contributed by atoms with Crippen LogP contribution in [0.4, 0.5) is 0 Å². The number of hydrogen-bond acceptors (Lipinski definition) is 6. The summed E-state index contributed by atoms with van der Waals surface area (Å²) in [6, 6.07) is 18.8. The molecule has 5 rings (SSSR count).